The summed E-state index contributed by atoms with van der Waals surface area (Å²) < 4.78 is 0. The molecule has 1 aliphatic heterocycles. The fraction of sp³-hybridized carbons (Fsp3) is 0.909. The van der Waals surface area contributed by atoms with Gasteiger partial charge < -0.3 is 9.80 Å². The summed E-state index contributed by atoms with van der Waals surface area (Å²) in [6.07, 6.45) is 1.05. The molecule has 0 aromatic rings. The normalized spacial score (nSPS) is 26.6. The summed E-state index contributed by atoms with van der Waals surface area (Å²) in [4.78, 5) is 8.98. The minimum atomic E-state index is 0.583. The van der Waals surface area contributed by atoms with Gasteiger partial charge in [-0.15, -0.1) is 0 Å². The summed E-state index contributed by atoms with van der Waals surface area (Å²) in [5.74, 6) is 7.00. The highest BCUT2D eigenvalue weighted by molar-refractivity contribution is 5.79. The molecule has 0 aromatic carbocycles. The van der Waals surface area contributed by atoms with Crippen molar-refractivity contribution < 1.29 is 0 Å². The second-order valence-corrected chi connectivity index (χ2v) is 4.76. The number of guanidine groups is 1. The maximum Gasteiger partial charge on any atom is 0.208 e. The first-order chi connectivity index (χ1) is 7.60. The fourth-order valence-corrected chi connectivity index (χ4v) is 2.25. The Morgan fingerprint density at radius 2 is 2.19 bits per heavy atom. The zero-order valence-electron chi connectivity index (χ0n) is 10.9. The van der Waals surface area contributed by atoms with E-state index in [0.717, 1.165) is 32.0 Å². The summed E-state index contributed by atoms with van der Waals surface area (Å²) in [6, 6.07) is 0.583. The van der Waals surface area contributed by atoms with Crippen molar-refractivity contribution in [3.05, 3.63) is 0 Å². The van der Waals surface area contributed by atoms with Gasteiger partial charge >= 0.3 is 0 Å². The van der Waals surface area contributed by atoms with Crippen LogP contribution in [0, 0.1) is 5.92 Å². The van der Waals surface area contributed by atoms with Crippen LogP contribution in [0.1, 0.15) is 20.3 Å². The van der Waals surface area contributed by atoms with Gasteiger partial charge in [0.05, 0.1) is 0 Å². The van der Waals surface area contributed by atoms with Crippen molar-refractivity contribution in [1.29, 1.82) is 0 Å². The van der Waals surface area contributed by atoms with E-state index in [1.165, 1.54) is 0 Å². The van der Waals surface area contributed by atoms with E-state index in [4.69, 9.17) is 5.84 Å². The van der Waals surface area contributed by atoms with E-state index in [-0.39, 0.29) is 0 Å². The minimum Gasteiger partial charge on any atom is -0.340 e. The molecule has 5 heteroatoms. The zero-order valence-corrected chi connectivity index (χ0v) is 10.9. The van der Waals surface area contributed by atoms with Gasteiger partial charge in [-0.3, -0.25) is 10.4 Å². The summed E-state index contributed by atoms with van der Waals surface area (Å²) in [5.41, 5.74) is 2.72. The second kappa shape index (κ2) is 6.06. The number of rotatable bonds is 3. The van der Waals surface area contributed by atoms with Gasteiger partial charge in [0.2, 0.25) is 5.96 Å². The van der Waals surface area contributed by atoms with E-state index in [9.17, 15) is 0 Å². The summed E-state index contributed by atoms with van der Waals surface area (Å²) in [5, 5.41) is 0. The molecule has 0 aliphatic carbocycles. The Balaban J connectivity index is 2.62. The predicted molar refractivity (Wildman–Crippen MR) is 68.1 cm³/mol. The smallest absolute Gasteiger partial charge is 0.208 e. The van der Waals surface area contributed by atoms with Crippen molar-refractivity contribution in [3.8, 4) is 0 Å². The van der Waals surface area contributed by atoms with Crippen LogP contribution in [0.15, 0.2) is 4.99 Å². The first kappa shape index (κ1) is 13.3. The SMILES string of the molecule is CCCN=C(NN)N1CC(C)C(N(C)C)C1. The Hall–Kier alpha value is -0.810. The molecule has 2 atom stereocenters. The molecular formula is C11H25N5. The van der Waals surface area contributed by atoms with Gasteiger partial charge in [-0.05, 0) is 26.4 Å². The van der Waals surface area contributed by atoms with E-state index >= 15 is 0 Å². The lowest BCUT2D eigenvalue weighted by Gasteiger charge is -2.23. The van der Waals surface area contributed by atoms with Crippen LogP contribution in [-0.2, 0) is 0 Å². The van der Waals surface area contributed by atoms with Gasteiger partial charge in [0.25, 0.3) is 0 Å². The number of likely N-dealkylation sites (N-methyl/N-ethyl adjacent to an activating group) is 1. The molecule has 0 bridgehead atoms. The molecule has 1 aliphatic rings. The average molecular weight is 227 g/mol. The standard InChI is InChI=1S/C11H25N5/c1-5-6-13-11(14-12)16-7-9(2)10(8-16)15(3)4/h9-10H,5-8,12H2,1-4H3,(H,13,14). The van der Waals surface area contributed by atoms with Gasteiger partial charge in [0, 0.05) is 25.7 Å². The first-order valence-electron chi connectivity index (χ1n) is 6.02. The number of likely N-dealkylation sites (tertiary alicyclic amines) is 1. The van der Waals surface area contributed by atoms with Crippen molar-refractivity contribution in [3.63, 3.8) is 0 Å². The van der Waals surface area contributed by atoms with E-state index in [1.54, 1.807) is 0 Å². The zero-order chi connectivity index (χ0) is 12.1. The van der Waals surface area contributed by atoms with Crippen LogP contribution in [0.25, 0.3) is 0 Å². The molecule has 0 aromatic heterocycles. The third kappa shape index (κ3) is 3.09. The lowest BCUT2D eigenvalue weighted by Crippen LogP contribution is -2.45. The van der Waals surface area contributed by atoms with Gasteiger partial charge in [0.15, 0.2) is 0 Å². The predicted octanol–water partition coefficient (Wildman–Crippen LogP) is 0.0976. The number of nitrogens with one attached hydrogen (secondary N) is 1. The number of hydrazine groups is 1. The highest BCUT2D eigenvalue weighted by Gasteiger charge is 2.32. The van der Waals surface area contributed by atoms with Crippen molar-refractivity contribution in [2.75, 3.05) is 33.7 Å². The third-order valence-electron chi connectivity index (χ3n) is 3.15. The van der Waals surface area contributed by atoms with Gasteiger partial charge in [-0.2, -0.15) is 0 Å². The third-order valence-corrected chi connectivity index (χ3v) is 3.15. The van der Waals surface area contributed by atoms with Gasteiger partial charge in [-0.25, -0.2) is 5.84 Å². The highest BCUT2D eigenvalue weighted by atomic mass is 15.4. The maximum absolute atomic E-state index is 5.52. The quantitative estimate of drug-likeness (QED) is 0.311. The topological polar surface area (TPSA) is 56.9 Å². The number of hydrogen-bond donors (Lipinski definition) is 2. The number of aliphatic imine (C=N–C) groups is 1. The Bertz CT molecular complexity index is 239. The van der Waals surface area contributed by atoms with Crippen molar-refractivity contribution in [1.82, 2.24) is 15.2 Å². The molecule has 0 saturated carbocycles. The van der Waals surface area contributed by atoms with Crippen molar-refractivity contribution >= 4 is 5.96 Å². The summed E-state index contributed by atoms with van der Waals surface area (Å²) in [7, 11) is 4.26. The Kier molecular flexibility index (Phi) is 5.02. The maximum atomic E-state index is 5.52. The highest BCUT2D eigenvalue weighted by Crippen LogP contribution is 2.19. The molecule has 5 nitrogen and oxygen atoms in total. The first-order valence-corrected chi connectivity index (χ1v) is 6.02. The van der Waals surface area contributed by atoms with Crippen LogP contribution in [0.4, 0.5) is 0 Å². The van der Waals surface area contributed by atoms with Crippen LogP contribution in [0.2, 0.25) is 0 Å². The number of hydrogen-bond acceptors (Lipinski definition) is 3. The minimum absolute atomic E-state index is 0.583. The fourth-order valence-electron chi connectivity index (χ4n) is 2.25. The molecule has 0 amide bonds. The van der Waals surface area contributed by atoms with Gasteiger partial charge in [-0.1, -0.05) is 13.8 Å². The lowest BCUT2D eigenvalue weighted by atomic mass is 10.1. The van der Waals surface area contributed by atoms with Crippen molar-refractivity contribution in [2.24, 2.45) is 16.8 Å². The Labute approximate surface area is 98.7 Å². The number of nitrogens with two attached hydrogens (primary N) is 1. The van der Waals surface area contributed by atoms with E-state index in [0.29, 0.717) is 12.0 Å². The Morgan fingerprint density at radius 3 is 2.62 bits per heavy atom. The van der Waals surface area contributed by atoms with Gasteiger partial charge in [0.1, 0.15) is 0 Å². The van der Waals surface area contributed by atoms with Crippen LogP contribution in [0.3, 0.4) is 0 Å². The van der Waals surface area contributed by atoms with Crippen molar-refractivity contribution in [2.45, 2.75) is 26.3 Å². The molecule has 1 heterocycles. The summed E-state index contributed by atoms with van der Waals surface area (Å²) in [6.45, 7) is 7.25. The average Bonchev–Trinajstić information content (AvgIpc) is 2.62. The molecule has 3 N–H and O–H groups in total. The summed E-state index contributed by atoms with van der Waals surface area (Å²) >= 11 is 0. The molecule has 94 valence electrons. The van der Waals surface area contributed by atoms with Crippen LogP contribution < -0.4 is 11.3 Å². The molecule has 0 spiro atoms. The molecule has 0 radical (unpaired) electrons. The molecule has 1 rings (SSSR count). The van der Waals surface area contributed by atoms with Crippen LogP contribution in [0.5, 0.6) is 0 Å². The van der Waals surface area contributed by atoms with E-state index in [1.807, 2.05) is 0 Å². The van der Waals surface area contributed by atoms with Crippen LogP contribution in [-0.4, -0.2) is 55.5 Å². The van der Waals surface area contributed by atoms with Crippen LogP contribution >= 0.6 is 0 Å². The molecule has 16 heavy (non-hydrogen) atoms. The van der Waals surface area contributed by atoms with E-state index < -0.39 is 0 Å². The molecule has 1 saturated heterocycles. The molecule has 1 fully saturated rings. The lowest BCUT2D eigenvalue weighted by molar-refractivity contribution is 0.262. The Morgan fingerprint density at radius 1 is 1.50 bits per heavy atom. The second-order valence-electron chi connectivity index (χ2n) is 4.76. The molecule has 2 unspecified atom stereocenters. The number of nitrogens with zero attached hydrogens (tertiary/aromatic N) is 3. The largest absolute Gasteiger partial charge is 0.340 e. The molecular weight excluding hydrogens is 202 g/mol. The monoisotopic (exact) mass is 227 g/mol. The van der Waals surface area contributed by atoms with E-state index in [2.05, 4.69) is 48.2 Å².